The second-order valence-corrected chi connectivity index (χ2v) is 7.14. The van der Waals surface area contributed by atoms with Crippen LogP contribution in [0.2, 0.25) is 0 Å². The Balaban J connectivity index is 0.000000221. The van der Waals surface area contributed by atoms with Crippen molar-refractivity contribution >= 4 is 5.91 Å². The molecule has 29 heavy (non-hydrogen) atoms. The molecule has 1 aliphatic rings. The largest absolute Gasteiger partial charge is 0.481 e. The summed E-state index contributed by atoms with van der Waals surface area (Å²) in [4.78, 5) is 18.5. The molecular weight excluding hydrogens is 370 g/mol. The third kappa shape index (κ3) is 8.07. The fraction of sp³-hybridized carbons (Fsp3) is 0.500. The van der Waals surface area contributed by atoms with E-state index in [4.69, 9.17) is 14.2 Å². The summed E-state index contributed by atoms with van der Waals surface area (Å²) in [5, 5.41) is 2.70. The summed E-state index contributed by atoms with van der Waals surface area (Å²) < 4.78 is 16.2. The Morgan fingerprint density at radius 2 is 1.86 bits per heavy atom. The molecule has 7 nitrogen and oxygen atoms in total. The molecule has 1 amide bonds. The molecule has 0 bridgehead atoms. The van der Waals surface area contributed by atoms with Crippen LogP contribution < -0.4 is 14.8 Å². The van der Waals surface area contributed by atoms with Crippen LogP contribution in [0.5, 0.6) is 11.8 Å². The lowest BCUT2D eigenvalue weighted by Gasteiger charge is -2.32. The predicted molar refractivity (Wildman–Crippen MR) is 111 cm³/mol. The van der Waals surface area contributed by atoms with E-state index in [1.54, 1.807) is 7.11 Å². The van der Waals surface area contributed by atoms with Crippen LogP contribution in [-0.4, -0.2) is 42.2 Å². The molecule has 0 unspecified atom stereocenters. The van der Waals surface area contributed by atoms with Crippen molar-refractivity contribution in [3.63, 3.8) is 0 Å². The minimum atomic E-state index is 0.0144. The molecule has 1 aromatic carbocycles. The van der Waals surface area contributed by atoms with Crippen LogP contribution in [-0.2, 0) is 16.1 Å². The number of hydrogen-bond donors (Lipinski definition) is 1. The zero-order chi connectivity index (χ0) is 21.1. The summed E-state index contributed by atoms with van der Waals surface area (Å²) >= 11 is 0. The molecule has 1 heterocycles. The van der Waals surface area contributed by atoms with Gasteiger partial charge in [0.1, 0.15) is 12.9 Å². The van der Waals surface area contributed by atoms with Gasteiger partial charge in [0.2, 0.25) is 17.7 Å². The third-order valence-corrected chi connectivity index (χ3v) is 4.56. The summed E-state index contributed by atoms with van der Waals surface area (Å²) in [6.45, 7) is 7.40. The minimum absolute atomic E-state index is 0.0144. The van der Waals surface area contributed by atoms with E-state index in [-0.39, 0.29) is 5.91 Å². The van der Waals surface area contributed by atoms with Crippen molar-refractivity contribution in [2.45, 2.75) is 46.3 Å². The Kier molecular flexibility index (Phi) is 9.37. The number of hydrogen-bond acceptors (Lipinski definition) is 6. The van der Waals surface area contributed by atoms with Crippen molar-refractivity contribution in [3.8, 4) is 11.8 Å². The van der Waals surface area contributed by atoms with Crippen LogP contribution in [0.4, 0.5) is 0 Å². The number of rotatable bonds is 8. The number of benzene rings is 1. The zero-order valence-corrected chi connectivity index (χ0v) is 17.7. The molecular formula is C22H31N3O4. The first-order valence-electron chi connectivity index (χ1n) is 9.88. The molecule has 0 aliphatic heterocycles. The van der Waals surface area contributed by atoms with E-state index in [0.29, 0.717) is 37.6 Å². The van der Waals surface area contributed by atoms with Gasteiger partial charge in [0, 0.05) is 13.5 Å². The van der Waals surface area contributed by atoms with Gasteiger partial charge in [-0.2, -0.15) is 0 Å². The highest BCUT2D eigenvalue weighted by atomic mass is 16.5. The van der Waals surface area contributed by atoms with Gasteiger partial charge < -0.3 is 19.5 Å². The fourth-order valence-electron chi connectivity index (χ4n) is 2.91. The number of carbonyl (C=O) groups is 1. The maximum Gasteiger partial charge on any atom is 0.223 e. The smallest absolute Gasteiger partial charge is 0.223 e. The standard InChI is InChI=1S/C13H14N2O2.C9H17NO2/c1-10-12(16-2)14-9-15-13(10)17-8-11-6-4-3-5-7-11;1-7-5-9(6-7)12-4-3-10-8(2)11/h3-7,9H,8H2,1-2H3;7,9H,3-6H2,1-2H3,(H,10,11). The predicted octanol–water partition coefficient (Wildman–Crippen LogP) is 3.31. The van der Waals surface area contributed by atoms with E-state index in [1.807, 2.05) is 37.3 Å². The number of methoxy groups -OCH3 is 1. The molecule has 0 spiro atoms. The van der Waals surface area contributed by atoms with E-state index < -0.39 is 0 Å². The first-order valence-corrected chi connectivity index (χ1v) is 9.88. The van der Waals surface area contributed by atoms with Gasteiger partial charge in [-0.15, -0.1) is 0 Å². The van der Waals surface area contributed by atoms with E-state index in [0.717, 1.165) is 17.0 Å². The highest BCUT2D eigenvalue weighted by molar-refractivity contribution is 5.72. The average Bonchev–Trinajstić information content (AvgIpc) is 2.70. The quantitative estimate of drug-likeness (QED) is 0.684. The maximum atomic E-state index is 10.5. The summed E-state index contributed by atoms with van der Waals surface area (Å²) in [5.41, 5.74) is 1.91. The Morgan fingerprint density at radius 1 is 1.17 bits per heavy atom. The number of carbonyl (C=O) groups excluding carboxylic acids is 1. The molecule has 1 aliphatic carbocycles. The minimum Gasteiger partial charge on any atom is -0.481 e. The molecule has 1 saturated carbocycles. The molecule has 1 fully saturated rings. The number of amides is 1. The number of nitrogens with one attached hydrogen (secondary N) is 1. The zero-order valence-electron chi connectivity index (χ0n) is 17.7. The van der Waals surface area contributed by atoms with Gasteiger partial charge in [0.05, 0.1) is 25.4 Å². The van der Waals surface area contributed by atoms with E-state index >= 15 is 0 Å². The molecule has 0 saturated heterocycles. The molecule has 158 valence electrons. The van der Waals surface area contributed by atoms with Crippen molar-refractivity contribution in [2.75, 3.05) is 20.3 Å². The van der Waals surface area contributed by atoms with Crippen molar-refractivity contribution in [1.29, 1.82) is 0 Å². The van der Waals surface area contributed by atoms with Gasteiger partial charge >= 0.3 is 0 Å². The van der Waals surface area contributed by atoms with E-state index in [1.165, 1.54) is 26.1 Å². The van der Waals surface area contributed by atoms with Crippen LogP contribution in [0.15, 0.2) is 36.7 Å². The number of aromatic nitrogens is 2. The number of ether oxygens (including phenoxy) is 3. The van der Waals surface area contributed by atoms with Gasteiger partial charge in [0.15, 0.2) is 0 Å². The van der Waals surface area contributed by atoms with Crippen LogP contribution >= 0.6 is 0 Å². The Morgan fingerprint density at radius 3 is 2.48 bits per heavy atom. The summed E-state index contributed by atoms with van der Waals surface area (Å²) in [7, 11) is 1.58. The number of nitrogens with zero attached hydrogens (tertiary/aromatic N) is 2. The SMILES string of the molecule is CC(=O)NCCOC1CC(C)C1.COc1ncnc(OCc2ccccc2)c1C. The molecule has 1 aromatic heterocycles. The van der Waals surface area contributed by atoms with Gasteiger partial charge in [-0.3, -0.25) is 4.79 Å². The first kappa shape index (κ1) is 22.6. The lowest BCUT2D eigenvalue weighted by molar-refractivity contribution is -0.119. The van der Waals surface area contributed by atoms with Gasteiger partial charge in [-0.1, -0.05) is 37.3 Å². The monoisotopic (exact) mass is 401 g/mol. The molecule has 3 rings (SSSR count). The summed E-state index contributed by atoms with van der Waals surface area (Å²) in [6, 6.07) is 9.95. The van der Waals surface area contributed by atoms with Crippen LogP contribution in [0, 0.1) is 12.8 Å². The molecule has 0 atom stereocenters. The van der Waals surface area contributed by atoms with Crippen molar-refractivity contribution < 1.29 is 19.0 Å². The van der Waals surface area contributed by atoms with Crippen molar-refractivity contribution in [2.24, 2.45) is 5.92 Å². The lowest BCUT2D eigenvalue weighted by Crippen LogP contribution is -2.33. The molecule has 1 N–H and O–H groups in total. The first-order chi connectivity index (χ1) is 14.0. The Hall–Kier alpha value is -2.67. The Bertz CT molecular complexity index is 749. The van der Waals surface area contributed by atoms with Gasteiger partial charge in [-0.25, -0.2) is 9.97 Å². The second kappa shape index (κ2) is 12.0. The summed E-state index contributed by atoms with van der Waals surface area (Å²) in [6.07, 6.45) is 4.25. The van der Waals surface area contributed by atoms with Gasteiger partial charge in [0.25, 0.3) is 0 Å². The van der Waals surface area contributed by atoms with Gasteiger partial charge in [-0.05, 0) is 31.2 Å². The van der Waals surface area contributed by atoms with Crippen LogP contribution in [0.3, 0.4) is 0 Å². The van der Waals surface area contributed by atoms with Crippen LogP contribution in [0.25, 0.3) is 0 Å². The summed E-state index contributed by atoms with van der Waals surface area (Å²) in [5.74, 6) is 1.94. The topological polar surface area (TPSA) is 82.6 Å². The highest BCUT2D eigenvalue weighted by Gasteiger charge is 2.25. The second-order valence-electron chi connectivity index (χ2n) is 7.14. The molecule has 7 heteroatoms. The normalized spacial score (nSPS) is 17.4. The Labute approximate surface area is 172 Å². The third-order valence-electron chi connectivity index (χ3n) is 4.56. The van der Waals surface area contributed by atoms with Crippen molar-refractivity contribution in [3.05, 3.63) is 47.8 Å². The fourth-order valence-corrected chi connectivity index (χ4v) is 2.91. The van der Waals surface area contributed by atoms with Crippen LogP contribution in [0.1, 0.15) is 37.8 Å². The molecule has 2 aromatic rings. The highest BCUT2D eigenvalue weighted by Crippen LogP contribution is 2.28. The van der Waals surface area contributed by atoms with E-state index in [9.17, 15) is 4.79 Å². The maximum absolute atomic E-state index is 10.5. The van der Waals surface area contributed by atoms with E-state index in [2.05, 4.69) is 22.2 Å². The molecule has 0 radical (unpaired) electrons. The lowest BCUT2D eigenvalue weighted by atomic mass is 9.84. The van der Waals surface area contributed by atoms with Crippen molar-refractivity contribution in [1.82, 2.24) is 15.3 Å². The average molecular weight is 402 g/mol.